The Morgan fingerprint density at radius 2 is 2.12 bits per heavy atom. The second-order valence-electron chi connectivity index (χ2n) is 6.16. The standard InChI is InChI=1S/C17H19ClN4O3/c1-10-7-13(21-25-10)9-22(2)17(24)20-12-5-6-15(18)14(8-12)16(23)19-11-3-4-11/h5-8,11H,3-4,9H2,1-2H3,(H,19,23)(H,20,24). The van der Waals surface area contributed by atoms with Crippen molar-refractivity contribution in [1.82, 2.24) is 15.4 Å². The molecule has 0 unspecified atom stereocenters. The summed E-state index contributed by atoms with van der Waals surface area (Å²) in [6, 6.07) is 6.51. The van der Waals surface area contributed by atoms with E-state index in [4.69, 9.17) is 16.1 Å². The number of nitrogens with one attached hydrogen (secondary N) is 2. The lowest BCUT2D eigenvalue weighted by atomic mass is 10.2. The molecule has 1 aromatic carbocycles. The molecule has 8 heteroatoms. The molecular formula is C17H19ClN4O3. The van der Waals surface area contributed by atoms with E-state index in [9.17, 15) is 9.59 Å². The van der Waals surface area contributed by atoms with E-state index in [1.165, 1.54) is 4.90 Å². The van der Waals surface area contributed by atoms with Gasteiger partial charge in [0.1, 0.15) is 11.5 Å². The highest BCUT2D eigenvalue weighted by atomic mass is 35.5. The topological polar surface area (TPSA) is 87.5 Å². The molecule has 0 aliphatic heterocycles. The Hall–Kier alpha value is -2.54. The van der Waals surface area contributed by atoms with Crippen LogP contribution in [0.25, 0.3) is 0 Å². The normalized spacial score (nSPS) is 13.4. The van der Waals surface area contributed by atoms with Gasteiger partial charge in [-0.25, -0.2) is 4.79 Å². The van der Waals surface area contributed by atoms with E-state index in [-0.39, 0.29) is 18.0 Å². The Labute approximate surface area is 150 Å². The number of halogens is 1. The molecule has 25 heavy (non-hydrogen) atoms. The molecule has 2 N–H and O–H groups in total. The van der Waals surface area contributed by atoms with Crippen molar-refractivity contribution in [2.75, 3.05) is 12.4 Å². The molecule has 0 bridgehead atoms. The molecule has 1 aliphatic carbocycles. The number of carbonyl (C=O) groups excluding carboxylic acids is 2. The van der Waals surface area contributed by atoms with Gasteiger partial charge in [0.25, 0.3) is 5.91 Å². The number of benzene rings is 1. The van der Waals surface area contributed by atoms with Gasteiger partial charge >= 0.3 is 6.03 Å². The van der Waals surface area contributed by atoms with E-state index in [1.54, 1.807) is 38.2 Å². The van der Waals surface area contributed by atoms with Crippen LogP contribution in [0.3, 0.4) is 0 Å². The SMILES string of the molecule is Cc1cc(CN(C)C(=O)Nc2ccc(Cl)c(C(=O)NC3CC3)c2)no1. The van der Waals surface area contributed by atoms with Crippen LogP contribution in [0.1, 0.15) is 34.7 Å². The number of hydrogen-bond acceptors (Lipinski definition) is 4. The van der Waals surface area contributed by atoms with Crippen molar-refractivity contribution >= 4 is 29.2 Å². The van der Waals surface area contributed by atoms with Crippen molar-refractivity contribution in [2.24, 2.45) is 0 Å². The van der Waals surface area contributed by atoms with Crippen LogP contribution in [0, 0.1) is 6.92 Å². The van der Waals surface area contributed by atoms with E-state index >= 15 is 0 Å². The summed E-state index contributed by atoms with van der Waals surface area (Å²) in [6.07, 6.45) is 1.98. The monoisotopic (exact) mass is 362 g/mol. The van der Waals surface area contributed by atoms with Crippen LogP contribution in [0.2, 0.25) is 5.02 Å². The Morgan fingerprint density at radius 3 is 2.76 bits per heavy atom. The summed E-state index contributed by atoms with van der Waals surface area (Å²) in [6.45, 7) is 2.10. The Morgan fingerprint density at radius 1 is 1.36 bits per heavy atom. The van der Waals surface area contributed by atoms with Crippen LogP contribution >= 0.6 is 11.6 Å². The van der Waals surface area contributed by atoms with Crippen LogP contribution in [0.4, 0.5) is 10.5 Å². The van der Waals surface area contributed by atoms with Gasteiger partial charge in [-0.1, -0.05) is 16.8 Å². The van der Waals surface area contributed by atoms with E-state index < -0.39 is 0 Å². The first-order chi connectivity index (χ1) is 11.9. The smallest absolute Gasteiger partial charge is 0.321 e. The van der Waals surface area contributed by atoms with E-state index in [0.717, 1.165) is 12.8 Å². The quantitative estimate of drug-likeness (QED) is 0.855. The van der Waals surface area contributed by atoms with Gasteiger partial charge in [-0.15, -0.1) is 0 Å². The van der Waals surface area contributed by atoms with Crippen molar-refractivity contribution in [1.29, 1.82) is 0 Å². The number of aromatic nitrogens is 1. The second kappa shape index (κ2) is 7.14. The van der Waals surface area contributed by atoms with Crippen molar-refractivity contribution in [3.63, 3.8) is 0 Å². The molecular weight excluding hydrogens is 344 g/mol. The zero-order chi connectivity index (χ0) is 18.0. The molecule has 0 spiro atoms. The first-order valence-electron chi connectivity index (χ1n) is 7.97. The zero-order valence-corrected chi connectivity index (χ0v) is 14.8. The first-order valence-corrected chi connectivity index (χ1v) is 8.35. The number of urea groups is 1. The van der Waals surface area contributed by atoms with E-state index in [0.29, 0.717) is 34.3 Å². The lowest BCUT2D eigenvalue weighted by Gasteiger charge is -2.17. The third-order valence-corrected chi connectivity index (χ3v) is 4.13. The van der Waals surface area contributed by atoms with Crippen LogP contribution in [0.5, 0.6) is 0 Å². The molecule has 1 heterocycles. The summed E-state index contributed by atoms with van der Waals surface area (Å²) >= 11 is 6.10. The third kappa shape index (κ3) is 4.51. The molecule has 7 nitrogen and oxygen atoms in total. The molecule has 1 aliphatic rings. The summed E-state index contributed by atoms with van der Waals surface area (Å²) in [5.41, 5.74) is 1.51. The second-order valence-corrected chi connectivity index (χ2v) is 6.56. The van der Waals surface area contributed by atoms with Crippen molar-refractivity contribution in [3.05, 3.63) is 46.3 Å². The fourth-order valence-electron chi connectivity index (χ4n) is 2.29. The molecule has 3 amide bonds. The van der Waals surface area contributed by atoms with Crippen molar-refractivity contribution in [2.45, 2.75) is 32.4 Å². The molecule has 1 aromatic heterocycles. The number of rotatable bonds is 5. The lowest BCUT2D eigenvalue weighted by Crippen LogP contribution is -2.31. The predicted octanol–water partition coefficient (Wildman–Crippen LogP) is 3.19. The van der Waals surface area contributed by atoms with Gasteiger partial charge in [0.15, 0.2) is 0 Å². The molecule has 1 saturated carbocycles. The summed E-state index contributed by atoms with van der Waals surface area (Å²) in [5, 5.41) is 9.84. The van der Waals surface area contributed by atoms with Crippen LogP contribution < -0.4 is 10.6 Å². The summed E-state index contributed by atoms with van der Waals surface area (Å²) < 4.78 is 4.99. The summed E-state index contributed by atoms with van der Waals surface area (Å²) in [4.78, 5) is 26.0. The Bertz CT molecular complexity index is 801. The maximum absolute atomic E-state index is 12.3. The van der Waals surface area contributed by atoms with E-state index in [1.807, 2.05) is 0 Å². The van der Waals surface area contributed by atoms with Crippen LogP contribution in [-0.4, -0.2) is 35.1 Å². The number of carbonyl (C=O) groups is 2. The third-order valence-electron chi connectivity index (χ3n) is 3.80. The number of hydrogen-bond donors (Lipinski definition) is 2. The molecule has 2 aromatic rings. The maximum Gasteiger partial charge on any atom is 0.321 e. The summed E-state index contributed by atoms with van der Waals surface area (Å²) in [7, 11) is 1.65. The number of amides is 3. The number of nitrogens with zero attached hydrogens (tertiary/aromatic N) is 2. The zero-order valence-electron chi connectivity index (χ0n) is 14.0. The van der Waals surface area contributed by atoms with Gasteiger partial charge in [0.05, 0.1) is 17.1 Å². The average Bonchev–Trinajstić information content (AvgIpc) is 3.29. The highest BCUT2D eigenvalue weighted by Gasteiger charge is 2.25. The molecule has 0 atom stereocenters. The van der Waals surface area contributed by atoms with Crippen LogP contribution in [-0.2, 0) is 6.54 Å². The fourth-order valence-corrected chi connectivity index (χ4v) is 2.50. The highest BCUT2D eigenvalue weighted by Crippen LogP contribution is 2.24. The molecule has 132 valence electrons. The van der Waals surface area contributed by atoms with Gasteiger partial charge in [0, 0.05) is 24.8 Å². The largest absolute Gasteiger partial charge is 0.361 e. The first kappa shape index (κ1) is 17.3. The maximum atomic E-state index is 12.3. The molecule has 0 saturated heterocycles. The predicted molar refractivity (Wildman–Crippen MR) is 93.7 cm³/mol. The minimum absolute atomic E-state index is 0.227. The Kier molecular flexibility index (Phi) is 4.94. The van der Waals surface area contributed by atoms with Gasteiger partial charge < -0.3 is 20.1 Å². The van der Waals surface area contributed by atoms with Crippen molar-refractivity contribution in [3.8, 4) is 0 Å². The van der Waals surface area contributed by atoms with E-state index in [2.05, 4.69) is 15.8 Å². The van der Waals surface area contributed by atoms with Gasteiger partial charge in [-0.2, -0.15) is 0 Å². The fraction of sp³-hybridized carbons (Fsp3) is 0.353. The molecule has 3 rings (SSSR count). The van der Waals surface area contributed by atoms with Gasteiger partial charge in [-0.3, -0.25) is 4.79 Å². The Balaban J connectivity index is 1.64. The van der Waals surface area contributed by atoms with Crippen LogP contribution in [0.15, 0.2) is 28.8 Å². The van der Waals surface area contributed by atoms with Crippen molar-refractivity contribution < 1.29 is 14.1 Å². The lowest BCUT2D eigenvalue weighted by molar-refractivity contribution is 0.0951. The minimum atomic E-state index is -0.323. The minimum Gasteiger partial charge on any atom is -0.361 e. The van der Waals surface area contributed by atoms with Gasteiger partial charge in [0.2, 0.25) is 0 Å². The average molecular weight is 363 g/mol. The molecule has 1 fully saturated rings. The summed E-state index contributed by atoms with van der Waals surface area (Å²) in [5.74, 6) is 0.461. The number of aryl methyl sites for hydroxylation is 1. The number of anilines is 1. The van der Waals surface area contributed by atoms with Gasteiger partial charge in [-0.05, 0) is 38.0 Å². The highest BCUT2D eigenvalue weighted by molar-refractivity contribution is 6.34. The molecule has 0 radical (unpaired) electrons.